The molecule has 0 saturated carbocycles. The summed E-state index contributed by atoms with van der Waals surface area (Å²) >= 11 is 0. The van der Waals surface area contributed by atoms with Gasteiger partial charge in [0.1, 0.15) is 0 Å². The molecule has 15 heteroatoms. The van der Waals surface area contributed by atoms with Gasteiger partial charge in [0.05, 0.1) is 29.2 Å². The van der Waals surface area contributed by atoms with Gasteiger partial charge in [-0.15, -0.1) is 0 Å². The predicted molar refractivity (Wildman–Crippen MR) is 446 cm³/mol. The Labute approximate surface area is 649 Å². The van der Waals surface area contributed by atoms with Gasteiger partial charge in [0, 0.05) is 124 Å². The molecule has 1 unspecified atom stereocenters. The molecule has 5 heterocycles. The second kappa shape index (κ2) is 39.7. The molecule has 0 aliphatic carbocycles. The zero-order chi connectivity index (χ0) is 79.2. The first-order chi connectivity index (χ1) is 50.1. The van der Waals surface area contributed by atoms with E-state index in [1.807, 2.05) is 137 Å². The number of likely N-dealkylation sites (tertiary alicyclic amines) is 5. The van der Waals surface area contributed by atoms with E-state index in [2.05, 4.69) is 212 Å². The summed E-state index contributed by atoms with van der Waals surface area (Å²) in [5, 5.41) is 16.4. The number of hydrogen-bond acceptors (Lipinski definition) is 10. The van der Waals surface area contributed by atoms with Crippen LogP contribution < -0.4 is 26.6 Å². The number of carbonyl (C=O) groups excluding carboxylic acids is 5. The van der Waals surface area contributed by atoms with Crippen LogP contribution >= 0.6 is 0 Å². The van der Waals surface area contributed by atoms with Crippen molar-refractivity contribution in [1.29, 1.82) is 0 Å². The molecule has 592 valence electrons. The lowest BCUT2D eigenvalue weighted by molar-refractivity contribution is -0.129. The van der Waals surface area contributed by atoms with Crippen molar-refractivity contribution in [2.45, 2.75) is 304 Å². The van der Waals surface area contributed by atoms with Gasteiger partial charge in [0.25, 0.3) is 0 Å². The number of rotatable bonds is 21. The quantitative estimate of drug-likeness (QED) is 0.0478. The van der Waals surface area contributed by atoms with Gasteiger partial charge >= 0.3 is 0 Å². The van der Waals surface area contributed by atoms with Crippen molar-refractivity contribution in [3.63, 3.8) is 0 Å². The van der Waals surface area contributed by atoms with Gasteiger partial charge in [-0.25, -0.2) is 0 Å². The summed E-state index contributed by atoms with van der Waals surface area (Å²) < 4.78 is 0. The molecular formula is C92H144N10O5. The van der Waals surface area contributed by atoms with Crippen LogP contribution in [0.1, 0.15) is 243 Å². The Morgan fingerprint density at radius 2 is 0.579 bits per heavy atom. The fraction of sp³-hybridized carbons (Fsp3) is 0.620. The Hall–Kier alpha value is -6.75. The number of nitrogens with zero attached hydrogens (tertiary/aromatic N) is 5. The number of carbonyl (C=O) groups is 5. The molecule has 0 bridgehead atoms. The summed E-state index contributed by atoms with van der Waals surface area (Å²) in [6.45, 7) is 58.1. The first-order valence-electron chi connectivity index (χ1n) is 40.6. The maximum atomic E-state index is 12.9. The van der Waals surface area contributed by atoms with Crippen LogP contribution in [0.15, 0.2) is 146 Å². The van der Waals surface area contributed by atoms with Crippen molar-refractivity contribution in [3.05, 3.63) is 179 Å². The first kappa shape index (κ1) is 89.1. The van der Waals surface area contributed by atoms with Crippen LogP contribution in [-0.2, 0) is 53.1 Å². The maximum absolute atomic E-state index is 12.9. The van der Waals surface area contributed by atoms with E-state index >= 15 is 0 Å². The van der Waals surface area contributed by atoms with Gasteiger partial charge in [-0.05, 0) is 229 Å². The Morgan fingerprint density at radius 3 is 0.888 bits per heavy atom. The van der Waals surface area contributed by atoms with E-state index in [1.54, 1.807) is 0 Å². The van der Waals surface area contributed by atoms with Crippen molar-refractivity contribution < 1.29 is 24.0 Å². The minimum atomic E-state index is -0.508. The molecule has 0 aromatic heterocycles. The van der Waals surface area contributed by atoms with Gasteiger partial charge < -0.3 is 46.2 Å². The molecule has 5 fully saturated rings. The molecule has 5 N–H and O–H groups in total. The summed E-state index contributed by atoms with van der Waals surface area (Å²) in [5.41, 5.74) is 5.22. The molecule has 15 nitrogen and oxygen atoms in total. The van der Waals surface area contributed by atoms with Crippen molar-refractivity contribution in [2.24, 2.45) is 0 Å². The van der Waals surface area contributed by atoms with Gasteiger partial charge in [0.15, 0.2) is 0 Å². The van der Waals surface area contributed by atoms with E-state index in [1.165, 1.54) is 11.1 Å². The van der Waals surface area contributed by atoms with Crippen LogP contribution in [0.4, 0.5) is 0 Å². The molecule has 0 spiro atoms. The minimum absolute atomic E-state index is 0.0444. The molecule has 10 rings (SSSR count). The Morgan fingerprint density at radius 1 is 0.327 bits per heavy atom. The van der Waals surface area contributed by atoms with Crippen molar-refractivity contribution in [3.8, 4) is 0 Å². The molecule has 5 aromatic carbocycles. The van der Waals surface area contributed by atoms with Crippen molar-refractivity contribution in [2.75, 3.05) is 65.4 Å². The van der Waals surface area contributed by atoms with Crippen LogP contribution in [0.5, 0.6) is 0 Å². The monoisotopic (exact) mass is 1470 g/mol. The number of aryl methyl sites for hydroxylation is 1. The van der Waals surface area contributed by atoms with E-state index in [4.69, 9.17) is 0 Å². The standard InChI is InChI=1S/2C20H32N2O.C19H30N2O.C17H26N2O.C16H24N2O/c1-15(2)22-13-11-20(6,12-14-22)21-18(23)19(4,5)17-9-7-16(3)8-10-17;1-16(2)22-13-11-20(5,12-14-22)21-18(23)15-19(3,4)17-9-7-6-8-10-17;1-15(2)21-13-11-19(5,12-14-21)20-17(22)18(3,4)16-9-7-6-8-10-16;1-14(2)19-11-9-17(3,10-12-19)18-16(20)13-15-7-5-4-6-8-15;1-13(2)18-10-9-16(3,12-18)17-15(19)11-14-7-5-4-6-8-14/h7-10,15H,11-14H2,1-6H3,(H,21,23);6-10,16H,11-15H2,1-5H3,(H,21,23);6-10,15H,11-14H2,1-5H3,(H,20,22);4-8,14H,9-13H2,1-3H3,(H,18,20);4-8,13H,9-12H2,1-3H3,(H,17,19). The fourth-order valence-corrected chi connectivity index (χ4v) is 15.2. The largest absolute Gasteiger partial charge is 0.351 e. The maximum Gasteiger partial charge on any atom is 0.230 e. The summed E-state index contributed by atoms with van der Waals surface area (Å²) in [7, 11) is 0. The summed E-state index contributed by atoms with van der Waals surface area (Å²) in [6.07, 6.45) is 10.7. The van der Waals surface area contributed by atoms with E-state index in [0.717, 1.165) is 145 Å². The SMILES string of the molecule is CC(C)N1CCC(C)(NC(=O)C(C)(C)c2ccccc2)CC1.CC(C)N1CCC(C)(NC(=O)CC(C)(C)c2ccccc2)CC1.CC(C)N1CCC(C)(NC(=O)Cc2ccccc2)C1.CC(C)N1CCC(C)(NC(=O)Cc2ccccc2)CC1.Cc1ccc(C(C)(C)C(=O)NC2(C)CCN(C(C)C)CC2)cc1. The van der Waals surface area contributed by atoms with Crippen molar-refractivity contribution >= 4 is 29.5 Å². The van der Waals surface area contributed by atoms with E-state index in [-0.39, 0.29) is 62.6 Å². The zero-order valence-electron chi connectivity index (χ0n) is 70.6. The second-order valence-electron chi connectivity index (χ2n) is 36.4. The molecule has 5 saturated heterocycles. The Balaban J connectivity index is 0.000000210. The average molecular weight is 1470 g/mol. The average Bonchev–Trinajstić information content (AvgIpc) is 1.49. The Kier molecular flexibility index (Phi) is 33.1. The number of piperidine rings is 4. The molecule has 0 radical (unpaired) electrons. The predicted octanol–water partition coefficient (Wildman–Crippen LogP) is 15.6. The molecule has 5 aliphatic rings. The molecule has 5 aliphatic heterocycles. The van der Waals surface area contributed by atoms with Gasteiger partial charge in [-0.3, -0.25) is 28.9 Å². The van der Waals surface area contributed by atoms with Crippen LogP contribution in [0.2, 0.25) is 0 Å². The lowest BCUT2D eigenvalue weighted by atomic mass is 9.80. The Bertz CT molecular complexity index is 3490. The topological polar surface area (TPSA) is 162 Å². The van der Waals surface area contributed by atoms with Crippen molar-refractivity contribution in [1.82, 2.24) is 51.1 Å². The highest BCUT2D eigenvalue weighted by Gasteiger charge is 2.41. The third-order valence-corrected chi connectivity index (χ3v) is 23.9. The van der Waals surface area contributed by atoms with Gasteiger partial charge in [-0.2, -0.15) is 0 Å². The van der Waals surface area contributed by atoms with E-state index in [0.29, 0.717) is 49.5 Å². The third kappa shape index (κ3) is 28.3. The van der Waals surface area contributed by atoms with Crippen LogP contribution in [0, 0.1) is 6.92 Å². The van der Waals surface area contributed by atoms with E-state index < -0.39 is 10.8 Å². The molecule has 107 heavy (non-hydrogen) atoms. The summed E-state index contributed by atoms with van der Waals surface area (Å²) in [4.78, 5) is 75.0. The third-order valence-electron chi connectivity index (χ3n) is 23.9. The highest BCUT2D eigenvalue weighted by molar-refractivity contribution is 5.88. The molecule has 5 aromatic rings. The smallest absolute Gasteiger partial charge is 0.230 e. The van der Waals surface area contributed by atoms with Gasteiger partial charge in [-0.1, -0.05) is 165 Å². The van der Waals surface area contributed by atoms with Crippen LogP contribution in [0.25, 0.3) is 0 Å². The molecule has 1 atom stereocenters. The highest BCUT2D eigenvalue weighted by Crippen LogP contribution is 2.33. The lowest BCUT2D eigenvalue weighted by Crippen LogP contribution is -2.57. The summed E-state index contributed by atoms with van der Waals surface area (Å²) in [5.74, 6) is 0.677. The molecular weight excluding hydrogens is 1330 g/mol. The second-order valence-corrected chi connectivity index (χ2v) is 36.4. The van der Waals surface area contributed by atoms with Crippen LogP contribution in [0.3, 0.4) is 0 Å². The molecule has 5 amide bonds. The van der Waals surface area contributed by atoms with Crippen LogP contribution in [-0.4, -0.2) is 177 Å². The lowest BCUT2D eigenvalue weighted by Gasteiger charge is -2.43. The highest BCUT2D eigenvalue weighted by atomic mass is 16.2. The zero-order valence-corrected chi connectivity index (χ0v) is 70.6. The first-order valence-corrected chi connectivity index (χ1v) is 40.6. The normalized spacial score (nSPS) is 19.8. The number of hydrogen-bond donors (Lipinski definition) is 5. The minimum Gasteiger partial charge on any atom is -0.351 e. The number of benzene rings is 5. The summed E-state index contributed by atoms with van der Waals surface area (Å²) in [6, 6.07) is 51.4. The fourth-order valence-electron chi connectivity index (χ4n) is 15.2. The number of amides is 5. The van der Waals surface area contributed by atoms with Gasteiger partial charge in [0.2, 0.25) is 29.5 Å². The number of nitrogens with one attached hydrogen (secondary N) is 5. The van der Waals surface area contributed by atoms with E-state index in [9.17, 15) is 24.0 Å².